The molecule has 0 radical (unpaired) electrons. The van der Waals surface area contributed by atoms with Crippen molar-refractivity contribution in [1.82, 2.24) is 15.6 Å². The zero-order valence-corrected chi connectivity index (χ0v) is 14.8. The van der Waals surface area contributed by atoms with Crippen LogP contribution in [-0.2, 0) is 0 Å². The third kappa shape index (κ3) is 4.94. The molecule has 7 nitrogen and oxygen atoms in total. The minimum atomic E-state index is -0.409. The molecule has 1 heterocycles. The lowest BCUT2D eigenvalue weighted by Gasteiger charge is -2.04. The van der Waals surface area contributed by atoms with Crippen LogP contribution in [0.4, 0.5) is 0 Å². The molecule has 0 aliphatic carbocycles. The zero-order chi connectivity index (χ0) is 19.1. The van der Waals surface area contributed by atoms with Crippen LogP contribution < -0.4 is 10.2 Å². The highest BCUT2D eigenvalue weighted by molar-refractivity contribution is 5.94. The molecule has 0 saturated heterocycles. The molecule has 1 amide bonds. The molecule has 3 N–H and O–H groups in total. The molecule has 0 fully saturated rings. The number of benzene rings is 2. The van der Waals surface area contributed by atoms with Crippen molar-refractivity contribution in [3.8, 4) is 22.8 Å². The number of nitrogens with one attached hydrogen (secondary N) is 2. The van der Waals surface area contributed by atoms with Crippen molar-refractivity contribution >= 4 is 12.1 Å². The van der Waals surface area contributed by atoms with Gasteiger partial charge in [0.2, 0.25) is 0 Å². The monoisotopic (exact) mass is 364 g/mol. The first-order chi connectivity index (χ1) is 13.2. The molecule has 2 aromatic carbocycles. The van der Waals surface area contributed by atoms with E-state index in [1.54, 1.807) is 24.3 Å². The summed E-state index contributed by atoms with van der Waals surface area (Å²) in [7, 11) is 0. The molecule has 0 unspecified atom stereocenters. The molecule has 0 aliphatic heterocycles. The Bertz CT molecular complexity index is 932. The van der Waals surface area contributed by atoms with Gasteiger partial charge >= 0.3 is 0 Å². The van der Waals surface area contributed by atoms with Gasteiger partial charge < -0.3 is 9.84 Å². The van der Waals surface area contributed by atoms with E-state index < -0.39 is 5.91 Å². The summed E-state index contributed by atoms with van der Waals surface area (Å²) in [6, 6.07) is 15.7. The fourth-order valence-corrected chi connectivity index (χ4v) is 2.36. The summed E-state index contributed by atoms with van der Waals surface area (Å²) in [5.41, 5.74) is 4.91. The number of hydrogen-bond acceptors (Lipinski definition) is 5. The number of aromatic hydroxyl groups is 1. The maximum absolute atomic E-state index is 12.2. The maximum Gasteiger partial charge on any atom is 0.289 e. The number of hydrazone groups is 1. The van der Waals surface area contributed by atoms with E-state index in [-0.39, 0.29) is 5.75 Å². The summed E-state index contributed by atoms with van der Waals surface area (Å²) in [6.07, 6.45) is 2.40. The molecule has 0 aliphatic rings. The van der Waals surface area contributed by atoms with E-state index in [0.29, 0.717) is 23.6 Å². The van der Waals surface area contributed by atoms with Gasteiger partial charge in [-0.05, 0) is 54.4 Å². The van der Waals surface area contributed by atoms with Gasteiger partial charge in [-0.25, -0.2) is 5.43 Å². The smallest absolute Gasteiger partial charge is 0.289 e. The summed E-state index contributed by atoms with van der Waals surface area (Å²) >= 11 is 0. The standard InChI is InChI=1S/C20H20N4O3/c1-2-10-27-17-8-6-15(7-9-17)18-12-19(23-22-18)20(26)24-21-13-14-4-3-5-16(25)11-14/h3-9,11-13,25H,2,10H2,1H3,(H,22,23)(H,24,26). The van der Waals surface area contributed by atoms with Gasteiger partial charge in [0.05, 0.1) is 18.5 Å². The highest BCUT2D eigenvalue weighted by atomic mass is 16.5. The highest BCUT2D eigenvalue weighted by Crippen LogP contribution is 2.21. The quantitative estimate of drug-likeness (QED) is 0.442. The maximum atomic E-state index is 12.2. The van der Waals surface area contributed by atoms with E-state index >= 15 is 0 Å². The van der Waals surface area contributed by atoms with Gasteiger partial charge in [-0.1, -0.05) is 19.1 Å². The number of nitrogens with zero attached hydrogens (tertiary/aromatic N) is 2. The Morgan fingerprint density at radius 2 is 2.07 bits per heavy atom. The van der Waals surface area contributed by atoms with E-state index in [0.717, 1.165) is 17.7 Å². The summed E-state index contributed by atoms with van der Waals surface area (Å²) in [5, 5.41) is 20.2. The lowest BCUT2D eigenvalue weighted by molar-refractivity contribution is 0.0950. The van der Waals surface area contributed by atoms with Crippen LogP contribution in [0.3, 0.4) is 0 Å². The third-order valence-electron chi connectivity index (χ3n) is 3.70. The van der Waals surface area contributed by atoms with E-state index in [2.05, 4.69) is 27.6 Å². The van der Waals surface area contributed by atoms with Crippen LogP contribution in [0.15, 0.2) is 59.7 Å². The van der Waals surface area contributed by atoms with E-state index in [4.69, 9.17) is 4.74 Å². The molecule has 138 valence electrons. The number of aromatic amines is 1. The summed E-state index contributed by atoms with van der Waals surface area (Å²) in [5.74, 6) is 0.526. The average Bonchev–Trinajstić information content (AvgIpc) is 3.17. The molecule has 0 atom stereocenters. The fourth-order valence-electron chi connectivity index (χ4n) is 2.36. The van der Waals surface area contributed by atoms with Crippen molar-refractivity contribution < 1.29 is 14.6 Å². The first kappa shape index (κ1) is 18.2. The number of aromatic nitrogens is 2. The zero-order valence-electron chi connectivity index (χ0n) is 14.8. The van der Waals surface area contributed by atoms with Crippen molar-refractivity contribution in [1.29, 1.82) is 0 Å². The van der Waals surface area contributed by atoms with Gasteiger partial charge in [-0.2, -0.15) is 10.2 Å². The molecule has 7 heteroatoms. The number of amides is 1. The number of phenols is 1. The number of phenolic OH excluding ortho intramolecular Hbond substituents is 1. The highest BCUT2D eigenvalue weighted by Gasteiger charge is 2.10. The minimum absolute atomic E-state index is 0.134. The Morgan fingerprint density at radius 3 is 2.81 bits per heavy atom. The number of ether oxygens (including phenoxy) is 1. The Balaban J connectivity index is 1.62. The predicted octanol–water partition coefficient (Wildman–Crippen LogP) is 3.34. The average molecular weight is 364 g/mol. The van der Waals surface area contributed by atoms with Gasteiger partial charge in [0, 0.05) is 5.56 Å². The molecule has 1 aromatic heterocycles. The van der Waals surface area contributed by atoms with Gasteiger partial charge in [-0.3, -0.25) is 9.89 Å². The van der Waals surface area contributed by atoms with E-state index in [1.165, 1.54) is 12.3 Å². The largest absolute Gasteiger partial charge is 0.508 e. The molecular weight excluding hydrogens is 344 g/mol. The second-order valence-electron chi connectivity index (χ2n) is 5.83. The second-order valence-corrected chi connectivity index (χ2v) is 5.83. The Kier molecular flexibility index (Phi) is 5.84. The van der Waals surface area contributed by atoms with Crippen LogP contribution in [0.2, 0.25) is 0 Å². The Hall–Kier alpha value is -3.61. The molecule has 27 heavy (non-hydrogen) atoms. The summed E-state index contributed by atoms with van der Waals surface area (Å²) in [4.78, 5) is 12.2. The lowest BCUT2D eigenvalue weighted by Crippen LogP contribution is -2.17. The molecule has 0 spiro atoms. The summed E-state index contributed by atoms with van der Waals surface area (Å²) in [6.45, 7) is 2.73. The van der Waals surface area contributed by atoms with Crippen LogP contribution in [-0.4, -0.2) is 34.0 Å². The minimum Gasteiger partial charge on any atom is -0.508 e. The van der Waals surface area contributed by atoms with E-state index in [1.807, 2.05) is 24.3 Å². The van der Waals surface area contributed by atoms with Crippen LogP contribution >= 0.6 is 0 Å². The fraction of sp³-hybridized carbons (Fsp3) is 0.150. The normalized spacial score (nSPS) is 10.9. The van der Waals surface area contributed by atoms with Crippen molar-refractivity contribution in [2.45, 2.75) is 13.3 Å². The van der Waals surface area contributed by atoms with Crippen molar-refractivity contribution in [3.63, 3.8) is 0 Å². The van der Waals surface area contributed by atoms with Crippen LogP contribution in [0.25, 0.3) is 11.3 Å². The predicted molar refractivity (Wildman–Crippen MR) is 103 cm³/mol. The number of rotatable bonds is 7. The second kappa shape index (κ2) is 8.66. The van der Waals surface area contributed by atoms with Crippen LogP contribution in [0, 0.1) is 0 Å². The van der Waals surface area contributed by atoms with Gasteiger partial charge in [-0.15, -0.1) is 0 Å². The molecule has 3 rings (SSSR count). The van der Waals surface area contributed by atoms with Gasteiger partial charge in [0.25, 0.3) is 5.91 Å². The van der Waals surface area contributed by atoms with E-state index in [9.17, 15) is 9.90 Å². The van der Waals surface area contributed by atoms with Gasteiger partial charge in [0.1, 0.15) is 17.2 Å². The summed E-state index contributed by atoms with van der Waals surface area (Å²) < 4.78 is 5.55. The SMILES string of the molecule is CCCOc1ccc(-c2cc(C(=O)NN=Cc3cccc(O)c3)[nH]n2)cc1. The number of carbonyl (C=O) groups is 1. The van der Waals surface area contributed by atoms with Crippen molar-refractivity contribution in [3.05, 3.63) is 65.9 Å². The molecule has 3 aromatic rings. The van der Waals surface area contributed by atoms with Crippen LogP contribution in [0.1, 0.15) is 29.4 Å². The van der Waals surface area contributed by atoms with Crippen molar-refractivity contribution in [2.75, 3.05) is 6.61 Å². The number of hydrogen-bond donors (Lipinski definition) is 3. The number of H-pyrrole nitrogens is 1. The Morgan fingerprint density at radius 1 is 1.26 bits per heavy atom. The number of carbonyl (C=O) groups excluding carboxylic acids is 1. The lowest BCUT2D eigenvalue weighted by atomic mass is 10.1. The molecule has 0 bridgehead atoms. The topological polar surface area (TPSA) is 99.6 Å². The molecule has 0 saturated carbocycles. The third-order valence-corrected chi connectivity index (χ3v) is 3.70. The van der Waals surface area contributed by atoms with Crippen LogP contribution in [0.5, 0.6) is 11.5 Å². The Labute approximate surface area is 156 Å². The first-order valence-electron chi connectivity index (χ1n) is 8.57. The van der Waals surface area contributed by atoms with Crippen molar-refractivity contribution in [2.24, 2.45) is 5.10 Å². The molecular formula is C20H20N4O3. The van der Waals surface area contributed by atoms with Gasteiger partial charge in [0.15, 0.2) is 0 Å². The first-order valence-corrected chi connectivity index (χ1v) is 8.57.